The molecule has 5 aromatic rings. The summed E-state index contributed by atoms with van der Waals surface area (Å²) in [5.74, 6) is 0.627. The molecule has 3 aliphatic heterocycles. The number of nitrogens with zero attached hydrogens (tertiary/aromatic N) is 4. The number of amides is 1. The molecule has 1 amide bonds. The molecule has 0 unspecified atom stereocenters. The van der Waals surface area contributed by atoms with Crippen LogP contribution in [0.5, 0.6) is 17.4 Å². The van der Waals surface area contributed by atoms with E-state index < -0.39 is 37.0 Å². The predicted molar refractivity (Wildman–Crippen MR) is 274 cm³/mol. The minimum Gasteiger partial charge on any atom is -0.472 e. The van der Waals surface area contributed by atoms with E-state index in [1.165, 1.54) is 42.5 Å². The van der Waals surface area contributed by atoms with Crippen LogP contribution in [0.25, 0.3) is 11.0 Å². The fourth-order valence-electron chi connectivity index (χ4n) is 11.7. The van der Waals surface area contributed by atoms with Crippen molar-refractivity contribution in [2.45, 2.75) is 113 Å². The van der Waals surface area contributed by atoms with E-state index in [4.69, 9.17) is 23.9 Å². The second-order valence-electron chi connectivity index (χ2n) is 21.3. The largest absolute Gasteiger partial charge is 0.472 e. The summed E-state index contributed by atoms with van der Waals surface area (Å²) in [6.45, 7) is 11.9. The number of aromatic nitrogens is 2. The van der Waals surface area contributed by atoms with Crippen molar-refractivity contribution in [3.8, 4) is 17.4 Å². The van der Waals surface area contributed by atoms with E-state index in [1.807, 2.05) is 13.0 Å². The Morgan fingerprint density at radius 2 is 1.78 bits per heavy atom. The molecule has 1 spiro atoms. The van der Waals surface area contributed by atoms with Gasteiger partial charge in [0.05, 0.1) is 40.8 Å². The van der Waals surface area contributed by atoms with Crippen LogP contribution in [-0.2, 0) is 19.5 Å². The van der Waals surface area contributed by atoms with E-state index in [0.29, 0.717) is 62.7 Å². The number of sulfonamides is 1. The third-order valence-electron chi connectivity index (χ3n) is 15.9. The summed E-state index contributed by atoms with van der Waals surface area (Å²) in [6.07, 6.45) is 9.86. The molecule has 5 aliphatic rings. The van der Waals surface area contributed by atoms with Gasteiger partial charge < -0.3 is 39.3 Å². The van der Waals surface area contributed by atoms with Gasteiger partial charge in [-0.25, -0.2) is 13.1 Å². The molecule has 18 heteroatoms. The zero-order valence-electron chi connectivity index (χ0n) is 41.4. The number of nitro groups is 1. The summed E-state index contributed by atoms with van der Waals surface area (Å²) in [7, 11) is -4.64. The average Bonchev–Trinajstić information content (AvgIpc) is 4.05. The van der Waals surface area contributed by atoms with Crippen LogP contribution in [0, 0.1) is 21.4 Å². The Hall–Kier alpha value is -5.79. The number of hydrogen-bond acceptors (Lipinski definition) is 14. The molecular formula is C54H67N7O10S. The Kier molecular flexibility index (Phi) is 14.2. The summed E-state index contributed by atoms with van der Waals surface area (Å²) in [5.41, 5.74) is 3.48. The molecule has 3 aromatic carbocycles. The lowest BCUT2D eigenvalue weighted by atomic mass is 9.70. The Morgan fingerprint density at radius 3 is 2.53 bits per heavy atom. The van der Waals surface area contributed by atoms with Crippen LogP contribution >= 0.6 is 0 Å². The first-order valence-corrected chi connectivity index (χ1v) is 27.1. The first kappa shape index (κ1) is 49.8. The van der Waals surface area contributed by atoms with Crippen molar-refractivity contribution >= 4 is 44.0 Å². The summed E-state index contributed by atoms with van der Waals surface area (Å²) in [5, 5.41) is 26.5. The topological polar surface area (TPSA) is 211 Å². The number of rotatable bonds is 16. The molecule has 5 fully saturated rings. The molecule has 10 rings (SSSR count). The molecule has 2 aliphatic carbocycles. The van der Waals surface area contributed by atoms with Crippen LogP contribution in [0.1, 0.15) is 112 Å². The second-order valence-corrected chi connectivity index (χ2v) is 23.0. The maximum Gasteiger partial charge on any atom is 0.293 e. The first-order valence-electron chi connectivity index (χ1n) is 25.6. The van der Waals surface area contributed by atoms with E-state index in [0.717, 1.165) is 69.0 Å². The highest BCUT2D eigenvalue weighted by molar-refractivity contribution is 7.90. The molecule has 2 aromatic heterocycles. The van der Waals surface area contributed by atoms with Crippen molar-refractivity contribution in [1.82, 2.24) is 19.6 Å². The smallest absolute Gasteiger partial charge is 0.293 e. The number of anilines is 2. The van der Waals surface area contributed by atoms with Gasteiger partial charge in [-0.3, -0.25) is 19.8 Å². The molecule has 4 N–H and O–H groups in total. The Bertz CT molecular complexity index is 2880. The fraction of sp³-hybridized carbons (Fsp3) is 0.519. The number of carbonyl (C=O) groups is 1. The van der Waals surface area contributed by atoms with E-state index in [1.54, 1.807) is 30.5 Å². The zero-order chi connectivity index (χ0) is 50.2. The van der Waals surface area contributed by atoms with Crippen molar-refractivity contribution < 1.29 is 42.2 Å². The lowest BCUT2D eigenvalue weighted by Gasteiger charge is -2.57. The van der Waals surface area contributed by atoms with Gasteiger partial charge in [-0.05, 0) is 129 Å². The van der Waals surface area contributed by atoms with E-state index in [9.17, 15) is 28.4 Å². The van der Waals surface area contributed by atoms with Crippen molar-refractivity contribution in [1.29, 1.82) is 0 Å². The van der Waals surface area contributed by atoms with Crippen LogP contribution < -0.4 is 24.4 Å². The van der Waals surface area contributed by atoms with E-state index in [2.05, 4.69) is 62.9 Å². The van der Waals surface area contributed by atoms with Crippen molar-refractivity contribution in [2.24, 2.45) is 11.3 Å². The maximum absolute atomic E-state index is 14.3. The lowest BCUT2D eigenvalue weighted by Crippen LogP contribution is -2.63. The number of likely N-dealkylation sites (tertiary alicyclic amines) is 1. The van der Waals surface area contributed by atoms with Gasteiger partial charge >= 0.3 is 0 Å². The number of carbonyl (C=O) groups excluding carboxylic acids is 1. The number of hydrogen-bond donors (Lipinski definition) is 4. The molecule has 3 atom stereocenters. The van der Waals surface area contributed by atoms with Crippen molar-refractivity contribution in [3.63, 3.8) is 0 Å². The van der Waals surface area contributed by atoms with Gasteiger partial charge in [0.25, 0.3) is 27.5 Å². The Balaban J connectivity index is 0.881. The van der Waals surface area contributed by atoms with Crippen LogP contribution in [0.2, 0.25) is 0 Å². The molecule has 3 saturated heterocycles. The van der Waals surface area contributed by atoms with E-state index in [-0.39, 0.29) is 52.7 Å². The number of nitrogens with one attached hydrogen (secondary N) is 3. The van der Waals surface area contributed by atoms with E-state index >= 15 is 0 Å². The average molecular weight is 1010 g/mol. The molecule has 0 radical (unpaired) electrons. The Morgan fingerprint density at radius 1 is 0.986 bits per heavy atom. The van der Waals surface area contributed by atoms with Crippen LogP contribution in [-0.4, -0.2) is 116 Å². The van der Waals surface area contributed by atoms with Gasteiger partial charge in [0, 0.05) is 68.2 Å². The number of piperidine rings is 1. The monoisotopic (exact) mass is 1010 g/mol. The van der Waals surface area contributed by atoms with Crippen LogP contribution in [0.4, 0.5) is 17.1 Å². The molecule has 2 saturated carbocycles. The van der Waals surface area contributed by atoms with Crippen LogP contribution in [0.3, 0.4) is 0 Å². The van der Waals surface area contributed by atoms with Gasteiger partial charge in [-0.15, -0.1) is 0 Å². The predicted octanol–water partition coefficient (Wildman–Crippen LogP) is 8.89. The van der Waals surface area contributed by atoms with Gasteiger partial charge in [0.15, 0.2) is 5.75 Å². The molecule has 17 nitrogen and oxygen atoms in total. The normalized spacial score (nSPS) is 24.5. The fourth-order valence-corrected chi connectivity index (χ4v) is 12.7. The van der Waals surface area contributed by atoms with Gasteiger partial charge in [-0.1, -0.05) is 44.5 Å². The number of ether oxygens (including phenoxy) is 4. The summed E-state index contributed by atoms with van der Waals surface area (Å²) in [4.78, 5) is 38.4. The maximum atomic E-state index is 14.3. The van der Waals surface area contributed by atoms with Gasteiger partial charge in [-0.2, -0.15) is 4.98 Å². The standard InChI is InChI=1S/C54H67N7O10S/c1-35(2)41-7-4-5-8-42(41)43-9-6-10-46(43)60-33-54(34-60)20-23-59(24-21-54)38-11-13-44(48(28-38)71-49-27-37-17-22-55-50(37)57-52(49)70-32-39-31-68-25-26-69-39)51(62)58-72(66,67)40-12-14-45(47(29-40)61(64)65)56-30-36-15-18-53(3,63)19-16-36/h4-5,7-8,11-14,17,22,27-29,35-36,39,43,46,56,63H,6,9-10,15-16,18-21,23-26,30-34H2,1-3H3,(H,55,57)(H,58,62)/t36?,39-,43-,46-,53?/m0/s1. The molecule has 384 valence electrons. The third-order valence-corrected chi connectivity index (χ3v) is 17.2. The highest BCUT2D eigenvalue weighted by Crippen LogP contribution is 2.49. The minimum absolute atomic E-state index is 0.0674. The lowest BCUT2D eigenvalue weighted by molar-refractivity contribution is -0.384. The number of aromatic amines is 1. The number of pyridine rings is 1. The number of aliphatic hydroxyl groups is 1. The quantitative estimate of drug-likeness (QED) is 0.0538. The Labute approximate surface area is 421 Å². The molecule has 72 heavy (non-hydrogen) atoms. The summed E-state index contributed by atoms with van der Waals surface area (Å²) >= 11 is 0. The van der Waals surface area contributed by atoms with Crippen LogP contribution in [0.15, 0.2) is 83.9 Å². The minimum atomic E-state index is -4.64. The summed E-state index contributed by atoms with van der Waals surface area (Å²) in [6, 6.07) is 21.8. The number of H-pyrrole nitrogens is 1. The number of fused-ring (bicyclic) bond motifs is 1. The van der Waals surface area contributed by atoms with Crippen molar-refractivity contribution in [2.75, 3.05) is 69.4 Å². The highest BCUT2D eigenvalue weighted by atomic mass is 32.2. The second kappa shape index (κ2) is 20.6. The van der Waals surface area contributed by atoms with Gasteiger partial charge in [0.1, 0.15) is 29.8 Å². The first-order chi connectivity index (χ1) is 34.6. The number of benzene rings is 3. The molecule has 5 heterocycles. The SMILES string of the molecule is CC(C)c1ccccc1[C@@H]1CCC[C@@H]1N1CC2(CCN(c3ccc(C(=O)NS(=O)(=O)c4ccc(NCC5CCC(C)(O)CC5)c([N+](=O)[O-])c4)c(Oc4cc5cc[nH]c5nc4OC[C@@H]4COCCO4)c3)CC2)C1. The molecular weight excluding hydrogens is 939 g/mol. The van der Waals surface area contributed by atoms with Crippen molar-refractivity contribution in [3.05, 3.63) is 106 Å². The summed E-state index contributed by atoms with van der Waals surface area (Å²) < 4.78 is 54.4. The highest BCUT2D eigenvalue weighted by Gasteiger charge is 2.49. The van der Waals surface area contributed by atoms with Gasteiger partial charge in [0.2, 0.25) is 0 Å². The third kappa shape index (κ3) is 10.8. The zero-order valence-corrected chi connectivity index (χ0v) is 42.3. The number of nitro benzene ring substituents is 1. The molecule has 0 bridgehead atoms.